The van der Waals surface area contributed by atoms with E-state index in [9.17, 15) is 0 Å². The molecule has 1 aliphatic rings. The summed E-state index contributed by atoms with van der Waals surface area (Å²) in [5, 5.41) is 16.8. The van der Waals surface area contributed by atoms with Crippen LogP contribution in [-0.2, 0) is 0 Å². The Balaban J connectivity index is 1.29. The number of aliphatic imine (C=N–C) groups is 1. The summed E-state index contributed by atoms with van der Waals surface area (Å²) in [7, 11) is 0. The molecule has 0 amide bonds. The van der Waals surface area contributed by atoms with Crippen LogP contribution in [0.25, 0.3) is 50.0 Å². The van der Waals surface area contributed by atoms with Gasteiger partial charge in [-0.1, -0.05) is 121 Å². The van der Waals surface area contributed by atoms with Crippen LogP contribution < -0.4 is 5.32 Å². The summed E-state index contributed by atoms with van der Waals surface area (Å²) in [5.41, 5.74) is 5.42. The van der Waals surface area contributed by atoms with Gasteiger partial charge >= 0.3 is 0 Å². The monoisotopic (exact) mass is 578 g/mol. The first-order chi connectivity index (χ1) is 22.2. The van der Waals surface area contributed by atoms with Gasteiger partial charge < -0.3 is 10.7 Å². The molecule has 0 bridgehead atoms. The van der Waals surface area contributed by atoms with Gasteiger partial charge in [-0.15, -0.1) is 0 Å². The molecule has 0 unspecified atom stereocenters. The Labute approximate surface area is 260 Å². The molecule has 2 heterocycles. The number of nitrogens with zero attached hydrogens (tertiary/aromatic N) is 4. The molecule has 0 saturated heterocycles. The third-order valence-electron chi connectivity index (χ3n) is 7.92. The van der Waals surface area contributed by atoms with Crippen molar-refractivity contribution in [1.29, 1.82) is 5.41 Å². The minimum absolute atomic E-state index is 0.388. The molecule has 0 saturated carbocycles. The lowest BCUT2D eigenvalue weighted by atomic mass is 10.0. The van der Waals surface area contributed by atoms with Crippen LogP contribution >= 0.6 is 0 Å². The number of aromatic nitrogens is 3. The van der Waals surface area contributed by atoms with E-state index in [0.717, 1.165) is 55.2 Å². The van der Waals surface area contributed by atoms with Crippen LogP contribution in [0, 0.1) is 5.41 Å². The molecule has 45 heavy (non-hydrogen) atoms. The summed E-state index contributed by atoms with van der Waals surface area (Å²) >= 11 is 0. The normalized spacial score (nSPS) is 13.3. The number of amidine groups is 1. The molecule has 2 N–H and O–H groups in total. The topological polar surface area (TPSA) is 86.9 Å². The third-order valence-corrected chi connectivity index (χ3v) is 7.92. The SMILES string of the molecule is N=C(/C=C1\NC(c2nc(-c3ccc4ccccc4c3)nc(-c3ccc4ccccc4c3)n2)=Nc2ccccc21)c1ccccc1. The van der Waals surface area contributed by atoms with Gasteiger partial charge in [0.15, 0.2) is 23.3 Å². The van der Waals surface area contributed by atoms with E-state index in [2.05, 4.69) is 53.8 Å². The number of nitrogens with one attached hydrogen (secondary N) is 2. The average Bonchev–Trinajstić information content (AvgIpc) is 3.11. The van der Waals surface area contributed by atoms with Crippen molar-refractivity contribution in [3.63, 3.8) is 0 Å². The van der Waals surface area contributed by atoms with Gasteiger partial charge in [-0.2, -0.15) is 0 Å². The fourth-order valence-electron chi connectivity index (χ4n) is 5.60. The predicted molar refractivity (Wildman–Crippen MR) is 183 cm³/mol. The highest BCUT2D eigenvalue weighted by atomic mass is 15.1. The number of fused-ring (bicyclic) bond motifs is 3. The molecule has 8 rings (SSSR count). The molecule has 0 fully saturated rings. The zero-order valence-electron chi connectivity index (χ0n) is 24.1. The first-order valence-electron chi connectivity index (χ1n) is 14.7. The summed E-state index contributed by atoms with van der Waals surface area (Å²) in [5.74, 6) is 2.02. The van der Waals surface area contributed by atoms with E-state index in [-0.39, 0.29) is 0 Å². The highest BCUT2D eigenvalue weighted by Gasteiger charge is 2.22. The second-order valence-corrected chi connectivity index (χ2v) is 10.9. The number of hydrogen-bond donors (Lipinski definition) is 2. The lowest BCUT2D eigenvalue weighted by Crippen LogP contribution is -2.29. The fourth-order valence-corrected chi connectivity index (χ4v) is 5.60. The highest BCUT2D eigenvalue weighted by molar-refractivity contribution is 6.14. The molecule has 0 spiro atoms. The standard InChI is InChI=1S/C39H26N6/c40-33(27-12-2-1-3-13-27)24-35-32-16-8-9-17-34(32)41-38(42-35)39-44-36(30-20-18-25-10-4-6-14-28(25)22-30)43-37(45-39)31-21-19-26-11-5-7-15-29(26)23-31/h1-24,40H,(H,41,42)/b35-24-,40-33?. The van der Waals surface area contributed by atoms with Crippen molar-refractivity contribution in [3.05, 3.63) is 163 Å². The summed E-state index contributed by atoms with van der Waals surface area (Å²) in [4.78, 5) is 19.9. The Morgan fingerprint density at radius 3 is 1.71 bits per heavy atom. The first kappa shape index (κ1) is 26.4. The maximum atomic E-state index is 8.81. The minimum atomic E-state index is 0.388. The quantitative estimate of drug-likeness (QED) is 0.200. The molecular formula is C39H26N6. The highest BCUT2D eigenvalue weighted by Crippen LogP contribution is 2.31. The van der Waals surface area contributed by atoms with E-state index in [1.54, 1.807) is 0 Å². The molecule has 0 radical (unpaired) electrons. The van der Waals surface area contributed by atoms with E-state index in [4.69, 9.17) is 25.4 Å². The van der Waals surface area contributed by atoms with Crippen molar-refractivity contribution in [2.24, 2.45) is 4.99 Å². The number of para-hydroxylation sites is 1. The predicted octanol–water partition coefficient (Wildman–Crippen LogP) is 8.60. The van der Waals surface area contributed by atoms with Crippen molar-refractivity contribution >= 4 is 44.5 Å². The number of benzene rings is 6. The van der Waals surface area contributed by atoms with E-state index < -0.39 is 0 Å². The van der Waals surface area contributed by atoms with Crippen LogP contribution in [0.4, 0.5) is 5.69 Å². The Morgan fingerprint density at radius 1 is 0.533 bits per heavy atom. The van der Waals surface area contributed by atoms with Gasteiger partial charge in [0.1, 0.15) is 0 Å². The number of allylic oxidation sites excluding steroid dienone is 1. The lowest BCUT2D eigenvalue weighted by Gasteiger charge is -2.21. The summed E-state index contributed by atoms with van der Waals surface area (Å²) in [6, 6.07) is 46.6. The zero-order chi connectivity index (χ0) is 30.2. The molecule has 6 aromatic carbocycles. The summed E-state index contributed by atoms with van der Waals surface area (Å²) < 4.78 is 0. The van der Waals surface area contributed by atoms with Crippen molar-refractivity contribution in [2.45, 2.75) is 0 Å². The molecule has 1 aromatic heterocycles. The summed E-state index contributed by atoms with van der Waals surface area (Å²) in [6.07, 6.45) is 1.83. The molecule has 7 aromatic rings. The van der Waals surface area contributed by atoms with Crippen LogP contribution in [0.3, 0.4) is 0 Å². The van der Waals surface area contributed by atoms with Crippen molar-refractivity contribution in [3.8, 4) is 22.8 Å². The maximum Gasteiger partial charge on any atom is 0.199 e. The fraction of sp³-hybridized carbons (Fsp3) is 0. The zero-order valence-corrected chi connectivity index (χ0v) is 24.1. The van der Waals surface area contributed by atoms with E-state index in [0.29, 0.717) is 29.0 Å². The Bertz CT molecular complexity index is 2220. The first-order valence-corrected chi connectivity index (χ1v) is 14.7. The maximum absolute atomic E-state index is 8.81. The molecule has 0 atom stereocenters. The number of hydrogen-bond acceptors (Lipinski definition) is 6. The second kappa shape index (κ2) is 11.1. The molecule has 1 aliphatic heterocycles. The van der Waals surface area contributed by atoms with Gasteiger partial charge in [-0.3, -0.25) is 0 Å². The molecule has 212 valence electrons. The van der Waals surface area contributed by atoms with Crippen molar-refractivity contribution < 1.29 is 0 Å². The van der Waals surface area contributed by atoms with Gasteiger partial charge in [-0.05, 0) is 51.4 Å². The van der Waals surface area contributed by atoms with Crippen LogP contribution in [-0.4, -0.2) is 26.5 Å². The largest absolute Gasteiger partial charge is 0.336 e. The van der Waals surface area contributed by atoms with Gasteiger partial charge in [0.05, 0.1) is 17.1 Å². The van der Waals surface area contributed by atoms with Crippen molar-refractivity contribution in [1.82, 2.24) is 20.3 Å². The van der Waals surface area contributed by atoms with Crippen LogP contribution in [0.2, 0.25) is 0 Å². The van der Waals surface area contributed by atoms with Crippen LogP contribution in [0.15, 0.2) is 151 Å². The molecule has 0 aliphatic carbocycles. The van der Waals surface area contributed by atoms with Crippen LogP contribution in [0.1, 0.15) is 17.0 Å². The van der Waals surface area contributed by atoms with E-state index in [1.165, 1.54) is 0 Å². The van der Waals surface area contributed by atoms with Gasteiger partial charge in [0.25, 0.3) is 0 Å². The van der Waals surface area contributed by atoms with Crippen molar-refractivity contribution in [2.75, 3.05) is 0 Å². The Kier molecular flexibility index (Phi) is 6.50. The average molecular weight is 579 g/mol. The third kappa shape index (κ3) is 5.15. The minimum Gasteiger partial charge on any atom is -0.336 e. The smallest absolute Gasteiger partial charge is 0.199 e. The Hall–Kier alpha value is -6.27. The van der Waals surface area contributed by atoms with Gasteiger partial charge in [0.2, 0.25) is 0 Å². The second-order valence-electron chi connectivity index (χ2n) is 10.9. The molecule has 6 nitrogen and oxygen atoms in total. The Morgan fingerprint density at radius 2 is 1.07 bits per heavy atom. The number of rotatable bonds is 5. The van der Waals surface area contributed by atoms with E-state index in [1.807, 2.05) is 97.1 Å². The lowest BCUT2D eigenvalue weighted by molar-refractivity contribution is 1.02. The van der Waals surface area contributed by atoms with Gasteiger partial charge in [0, 0.05) is 16.7 Å². The molecule has 6 heteroatoms. The molecular weight excluding hydrogens is 552 g/mol. The summed E-state index contributed by atoms with van der Waals surface area (Å²) in [6.45, 7) is 0. The van der Waals surface area contributed by atoms with Crippen LogP contribution in [0.5, 0.6) is 0 Å². The van der Waals surface area contributed by atoms with Gasteiger partial charge in [-0.25, -0.2) is 19.9 Å². The van der Waals surface area contributed by atoms with E-state index >= 15 is 0 Å².